The molecule has 16 heavy (non-hydrogen) atoms. The van der Waals surface area contributed by atoms with Crippen molar-refractivity contribution >= 4 is 15.9 Å². The lowest BCUT2D eigenvalue weighted by molar-refractivity contribution is 0.0169. The molecule has 1 aromatic heterocycles. The number of aromatic nitrogens is 2. The minimum atomic E-state index is 0.180. The number of nitrogens with two attached hydrogens (primary N) is 1. The molecule has 1 atom stereocenters. The van der Waals surface area contributed by atoms with Crippen LogP contribution in [0.25, 0.3) is 0 Å². The molecule has 0 bridgehead atoms. The summed E-state index contributed by atoms with van der Waals surface area (Å²) in [5.74, 6) is 0. The number of hydrogen-bond donors (Lipinski definition) is 1. The largest absolute Gasteiger partial charge is 0.379 e. The number of morpholine rings is 1. The average molecular weight is 289 g/mol. The van der Waals surface area contributed by atoms with Gasteiger partial charge < -0.3 is 15.0 Å². The van der Waals surface area contributed by atoms with E-state index >= 15 is 0 Å². The van der Waals surface area contributed by atoms with Gasteiger partial charge in [0.2, 0.25) is 0 Å². The fourth-order valence-corrected chi connectivity index (χ4v) is 2.44. The van der Waals surface area contributed by atoms with Crippen LogP contribution in [0.15, 0.2) is 10.9 Å². The second-order valence-electron chi connectivity index (χ2n) is 3.93. The van der Waals surface area contributed by atoms with Gasteiger partial charge in [0.25, 0.3) is 0 Å². The Labute approximate surface area is 104 Å². The number of nitrogens with zero attached hydrogens (tertiary/aromatic N) is 3. The molecule has 0 aromatic carbocycles. The van der Waals surface area contributed by atoms with E-state index in [9.17, 15) is 0 Å². The molecule has 1 aromatic rings. The third-order valence-corrected chi connectivity index (χ3v) is 3.88. The first-order valence-electron chi connectivity index (χ1n) is 5.42. The van der Waals surface area contributed by atoms with Crippen molar-refractivity contribution in [2.45, 2.75) is 6.04 Å². The maximum Gasteiger partial charge on any atom is 0.109 e. The first-order valence-corrected chi connectivity index (χ1v) is 6.22. The SMILES string of the molecule is Cn1cnc(C(CN)N2CCOCC2)c1Br. The van der Waals surface area contributed by atoms with E-state index in [-0.39, 0.29) is 6.04 Å². The Morgan fingerprint density at radius 1 is 1.56 bits per heavy atom. The minimum Gasteiger partial charge on any atom is -0.379 e. The van der Waals surface area contributed by atoms with Crippen molar-refractivity contribution in [2.75, 3.05) is 32.8 Å². The highest BCUT2D eigenvalue weighted by atomic mass is 79.9. The molecule has 0 aliphatic carbocycles. The van der Waals surface area contributed by atoms with Gasteiger partial charge in [0, 0.05) is 26.7 Å². The molecule has 6 heteroatoms. The minimum absolute atomic E-state index is 0.180. The van der Waals surface area contributed by atoms with Crippen LogP contribution >= 0.6 is 15.9 Å². The van der Waals surface area contributed by atoms with Crippen molar-refractivity contribution in [2.24, 2.45) is 12.8 Å². The molecule has 1 aliphatic rings. The molecule has 0 spiro atoms. The van der Waals surface area contributed by atoms with Gasteiger partial charge in [0.15, 0.2) is 0 Å². The second kappa shape index (κ2) is 5.27. The van der Waals surface area contributed by atoms with Gasteiger partial charge in [0.1, 0.15) is 4.60 Å². The quantitative estimate of drug-likeness (QED) is 0.881. The summed E-state index contributed by atoms with van der Waals surface area (Å²) >= 11 is 3.55. The lowest BCUT2D eigenvalue weighted by Gasteiger charge is -2.33. The lowest BCUT2D eigenvalue weighted by atomic mass is 10.2. The van der Waals surface area contributed by atoms with E-state index in [1.165, 1.54) is 0 Å². The third-order valence-electron chi connectivity index (χ3n) is 2.92. The summed E-state index contributed by atoms with van der Waals surface area (Å²) in [5.41, 5.74) is 6.88. The molecule has 0 saturated carbocycles. The Kier molecular flexibility index (Phi) is 3.96. The highest BCUT2D eigenvalue weighted by Gasteiger charge is 2.25. The summed E-state index contributed by atoms with van der Waals surface area (Å²) in [6, 6.07) is 0.180. The third kappa shape index (κ3) is 2.29. The Bertz CT molecular complexity index is 349. The van der Waals surface area contributed by atoms with Crippen LogP contribution in [-0.4, -0.2) is 47.3 Å². The Balaban J connectivity index is 2.18. The van der Waals surface area contributed by atoms with Gasteiger partial charge in [-0.25, -0.2) is 4.98 Å². The molecular formula is C10H17BrN4O. The highest BCUT2D eigenvalue weighted by molar-refractivity contribution is 9.10. The average Bonchev–Trinajstić information content (AvgIpc) is 2.64. The summed E-state index contributed by atoms with van der Waals surface area (Å²) in [6.07, 6.45) is 1.81. The van der Waals surface area contributed by atoms with Crippen LogP contribution in [0, 0.1) is 0 Å². The lowest BCUT2D eigenvalue weighted by Crippen LogP contribution is -2.42. The van der Waals surface area contributed by atoms with Gasteiger partial charge in [-0.15, -0.1) is 0 Å². The topological polar surface area (TPSA) is 56.3 Å². The zero-order valence-corrected chi connectivity index (χ0v) is 11.0. The molecule has 0 radical (unpaired) electrons. The van der Waals surface area contributed by atoms with Crippen LogP contribution in [0.4, 0.5) is 0 Å². The monoisotopic (exact) mass is 288 g/mol. The molecule has 2 N–H and O–H groups in total. The van der Waals surface area contributed by atoms with Gasteiger partial charge in [-0.3, -0.25) is 4.90 Å². The van der Waals surface area contributed by atoms with Crippen LogP contribution in [0.2, 0.25) is 0 Å². The summed E-state index contributed by atoms with van der Waals surface area (Å²) in [7, 11) is 1.97. The molecule has 1 saturated heterocycles. The number of rotatable bonds is 3. The van der Waals surface area contributed by atoms with Crippen molar-refractivity contribution in [3.63, 3.8) is 0 Å². The predicted molar refractivity (Wildman–Crippen MR) is 65.1 cm³/mol. The van der Waals surface area contributed by atoms with Crippen molar-refractivity contribution in [1.82, 2.24) is 14.5 Å². The number of halogens is 1. The van der Waals surface area contributed by atoms with E-state index in [0.29, 0.717) is 6.54 Å². The zero-order valence-electron chi connectivity index (χ0n) is 9.40. The highest BCUT2D eigenvalue weighted by Crippen LogP contribution is 2.26. The summed E-state index contributed by atoms with van der Waals surface area (Å²) in [5, 5.41) is 0. The number of aryl methyl sites for hydroxylation is 1. The fourth-order valence-electron chi connectivity index (χ4n) is 1.98. The molecule has 2 heterocycles. The van der Waals surface area contributed by atoms with Crippen molar-refractivity contribution in [1.29, 1.82) is 0 Å². The van der Waals surface area contributed by atoms with E-state index in [0.717, 1.165) is 36.6 Å². The first kappa shape index (κ1) is 12.0. The predicted octanol–water partition coefficient (Wildman–Crippen LogP) is 0.515. The molecular weight excluding hydrogens is 272 g/mol. The van der Waals surface area contributed by atoms with Crippen LogP contribution in [0.1, 0.15) is 11.7 Å². The Morgan fingerprint density at radius 2 is 2.25 bits per heavy atom. The van der Waals surface area contributed by atoms with E-state index < -0.39 is 0 Å². The second-order valence-corrected chi connectivity index (χ2v) is 4.68. The van der Waals surface area contributed by atoms with Crippen LogP contribution < -0.4 is 5.73 Å². The summed E-state index contributed by atoms with van der Waals surface area (Å²) < 4.78 is 8.31. The molecule has 5 nitrogen and oxygen atoms in total. The molecule has 2 rings (SSSR count). The fraction of sp³-hybridized carbons (Fsp3) is 0.700. The van der Waals surface area contributed by atoms with Crippen molar-refractivity contribution in [3.05, 3.63) is 16.6 Å². The molecule has 0 amide bonds. The van der Waals surface area contributed by atoms with Crippen LogP contribution in [0.3, 0.4) is 0 Å². The maximum atomic E-state index is 5.86. The normalized spacial score (nSPS) is 19.9. The van der Waals surface area contributed by atoms with Crippen molar-refractivity contribution < 1.29 is 4.74 Å². The van der Waals surface area contributed by atoms with Gasteiger partial charge in [-0.1, -0.05) is 0 Å². The van der Waals surface area contributed by atoms with E-state index in [1.807, 2.05) is 17.9 Å². The van der Waals surface area contributed by atoms with E-state index in [4.69, 9.17) is 10.5 Å². The molecule has 1 aliphatic heterocycles. The molecule has 90 valence electrons. The van der Waals surface area contributed by atoms with E-state index in [2.05, 4.69) is 25.8 Å². The van der Waals surface area contributed by atoms with Gasteiger partial charge in [-0.05, 0) is 15.9 Å². The van der Waals surface area contributed by atoms with Crippen LogP contribution in [0.5, 0.6) is 0 Å². The maximum absolute atomic E-state index is 5.86. The Morgan fingerprint density at radius 3 is 2.75 bits per heavy atom. The Hall–Kier alpha value is -0.430. The molecule has 1 unspecified atom stereocenters. The van der Waals surface area contributed by atoms with E-state index in [1.54, 1.807) is 0 Å². The number of hydrogen-bond acceptors (Lipinski definition) is 4. The van der Waals surface area contributed by atoms with Gasteiger partial charge in [0.05, 0.1) is 31.3 Å². The number of imidazole rings is 1. The standard InChI is InChI=1S/C10H17BrN4O/c1-14-7-13-9(10(14)11)8(6-12)15-2-4-16-5-3-15/h7-8H,2-6,12H2,1H3. The smallest absolute Gasteiger partial charge is 0.109 e. The number of ether oxygens (including phenoxy) is 1. The van der Waals surface area contributed by atoms with Gasteiger partial charge in [-0.2, -0.15) is 0 Å². The van der Waals surface area contributed by atoms with Crippen molar-refractivity contribution in [3.8, 4) is 0 Å². The first-order chi connectivity index (χ1) is 7.74. The van der Waals surface area contributed by atoms with Crippen LogP contribution in [-0.2, 0) is 11.8 Å². The van der Waals surface area contributed by atoms with Gasteiger partial charge >= 0.3 is 0 Å². The zero-order chi connectivity index (χ0) is 11.5. The summed E-state index contributed by atoms with van der Waals surface area (Å²) in [6.45, 7) is 3.98. The molecule has 1 fully saturated rings. The summed E-state index contributed by atoms with van der Waals surface area (Å²) in [4.78, 5) is 6.75.